The van der Waals surface area contributed by atoms with Gasteiger partial charge >= 0.3 is 0 Å². The lowest BCUT2D eigenvalue weighted by Crippen LogP contribution is -2.37. The molecule has 0 spiro atoms. The Morgan fingerprint density at radius 2 is 2.22 bits per heavy atom. The van der Waals surface area contributed by atoms with Crippen molar-refractivity contribution in [1.29, 1.82) is 0 Å². The number of aryl methyl sites for hydroxylation is 1. The molecular weight excluding hydrogens is 296 g/mol. The SMILES string of the molecule is CC(=O)c1cccc(O[C@H](C)C(=O)NCCCn2cncn2)c1. The smallest absolute Gasteiger partial charge is 0.260 e. The first-order valence-corrected chi connectivity index (χ1v) is 7.44. The molecule has 2 rings (SSSR count). The number of hydrogen-bond donors (Lipinski definition) is 1. The molecular formula is C16H20N4O3. The molecule has 23 heavy (non-hydrogen) atoms. The van der Waals surface area contributed by atoms with Crippen molar-refractivity contribution in [3.05, 3.63) is 42.5 Å². The Morgan fingerprint density at radius 3 is 2.91 bits per heavy atom. The van der Waals surface area contributed by atoms with Gasteiger partial charge in [0.25, 0.3) is 5.91 Å². The van der Waals surface area contributed by atoms with Gasteiger partial charge in [-0.25, -0.2) is 4.98 Å². The highest BCUT2D eigenvalue weighted by Gasteiger charge is 2.14. The maximum Gasteiger partial charge on any atom is 0.260 e. The minimum absolute atomic E-state index is 0.0411. The van der Waals surface area contributed by atoms with Crippen molar-refractivity contribution < 1.29 is 14.3 Å². The summed E-state index contributed by atoms with van der Waals surface area (Å²) in [6, 6.07) is 6.80. The number of Topliss-reactive ketones (excluding diaryl/α,β-unsaturated/α-hetero) is 1. The second-order valence-electron chi connectivity index (χ2n) is 5.15. The summed E-state index contributed by atoms with van der Waals surface area (Å²) in [6.07, 6.45) is 3.23. The van der Waals surface area contributed by atoms with E-state index >= 15 is 0 Å². The van der Waals surface area contributed by atoms with Crippen LogP contribution in [0.4, 0.5) is 0 Å². The molecule has 1 heterocycles. The maximum absolute atomic E-state index is 12.0. The van der Waals surface area contributed by atoms with Crippen LogP contribution in [0.1, 0.15) is 30.6 Å². The van der Waals surface area contributed by atoms with E-state index in [0.29, 0.717) is 24.4 Å². The molecule has 7 nitrogen and oxygen atoms in total. The van der Waals surface area contributed by atoms with E-state index in [0.717, 1.165) is 6.42 Å². The van der Waals surface area contributed by atoms with Crippen LogP contribution in [-0.2, 0) is 11.3 Å². The summed E-state index contributed by atoms with van der Waals surface area (Å²) in [5.74, 6) is 0.264. The minimum Gasteiger partial charge on any atom is -0.481 e. The summed E-state index contributed by atoms with van der Waals surface area (Å²) >= 11 is 0. The molecule has 1 atom stereocenters. The molecule has 1 aromatic heterocycles. The number of ketones is 1. The number of nitrogens with one attached hydrogen (secondary N) is 1. The molecule has 2 aromatic rings. The first-order chi connectivity index (χ1) is 11.1. The summed E-state index contributed by atoms with van der Waals surface area (Å²) in [5.41, 5.74) is 0.558. The van der Waals surface area contributed by atoms with Gasteiger partial charge in [-0.2, -0.15) is 5.10 Å². The molecule has 0 aliphatic rings. The minimum atomic E-state index is -0.636. The van der Waals surface area contributed by atoms with Crippen LogP contribution in [0.3, 0.4) is 0 Å². The van der Waals surface area contributed by atoms with Gasteiger partial charge < -0.3 is 10.1 Å². The molecule has 0 aliphatic carbocycles. The van der Waals surface area contributed by atoms with E-state index in [4.69, 9.17) is 4.74 Å². The van der Waals surface area contributed by atoms with Gasteiger partial charge in [0.15, 0.2) is 11.9 Å². The lowest BCUT2D eigenvalue weighted by atomic mass is 10.1. The maximum atomic E-state index is 12.0. The van der Waals surface area contributed by atoms with E-state index in [1.165, 1.54) is 13.3 Å². The average molecular weight is 316 g/mol. The van der Waals surface area contributed by atoms with Crippen molar-refractivity contribution in [2.24, 2.45) is 0 Å². The van der Waals surface area contributed by atoms with Gasteiger partial charge in [-0.1, -0.05) is 12.1 Å². The fourth-order valence-corrected chi connectivity index (χ4v) is 1.99. The Morgan fingerprint density at radius 1 is 1.39 bits per heavy atom. The van der Waals surface area contributed by atoms with Gasteiger partial charge in [-0.15, -0.1) is 0 Å². The van der Waals surface area contributed by atoms with Crippen molar-refractivity contribution in [2.75, 3.05) is 6.54 Å². The highest BCUT2D eigenvalue weighted by Crippen LogP contribution is 2.15. The topological polar surface area (TPSA) is 86.1 Å². The summed E-state index contributed by atoms with van der Waals surface area (Å²) in [4.78, 5) is 27.2. The van der Waals surface area contributed by atoms with E-state index in [2.05, 4.69) is 15.4 Å². The van der Waals surface area contributed by atoms with Crippen LogP contribution in [0, 0.1) is 0 Å². The van der Waals surface area contributed by atoms with Crippen LogP contribution in [0.15, 0.2) is 36.9 Å². The van der Waals surface area contributed by atoms with E-state index in [9.17, 15) is 9.59 Å². The van der Waals surface area contributed by atoms with E-state index in [1.54, 1.807) is 42.2 Å². The number of ether oxygens (including phenoxy) is 1. The Balaban J connectivity index is 1.76. The molecule has 122 valence electrons. The number of amides is 1. The summed E-state index contributed by atoms with van der Waals surface area (Å²) in [7, 11) is 0. The second kappa shape index (κ2) is 8.07. The van der Waals surface area contributed by atoms with Gasteiger partial charge in [0.05, 0.1) is 0 Å². The van der Waals surface area contributed by atoms with Crippen molar-refractivity contribution in [3.63, 3.8) is 0 Å². The molecule has 1 aromatic carbocycles. The van der Waals surface area contributed by atoms with E-state index < -0.39 is 6.10 Å². The molecule has 0 saturated carbocycles. The third-order valence-electron chi connectivity index (χ3n) is 3.25. The Kier molecular flexibility index (Phi) is 5.85. The second-order valence-corrected chi connectivity index (χ2v) is 5.15. The van der Waals surface area contributed by atoms with Crippen molar-refractivity contribution in [2.45, 2.75) is 32.9 Å². The number of carbonyl (C=O) groups is 2. The monoisotopic (exact) mass is 316 g/mol. The quantitative estimate of drug-likeness (QED) is 0.588. The Bertz CT molecular complexity index is 655. The normalized spacial score (nSPS) is 11.7. The number of benzene rings is 1. The number of carbonyl (C=O) groups excluding carboxylic acids is 2. The molecule has 0 saturated heterocycles. The molecule has 0 unspecified atom stereocenters. The zero-order valence-corrected chi connectivity index (χ0v) is 13.2. The molecule has 0 radical (unpaired) electrons. The third-order valence-corrected chi connectivity index (χ3v) is 3.25. The number of hydrogen-bond acceptors (Lipinski definition) is 5. The predicted octanol–water partition coefficient (Wildman–Crippen LogP) is 1.45. The average Bonchev–Trinajstić information content (AvgIpc) is 3.05. The summed E-state index contributed by atoms with van der Waals surface area (Å²) < 4.78 is 7.29. The predicted molar refractivity (Wildman–Crippen MR) is 84.2 cm³/mol. The zero-order chi connectivity index (χ0) is 16.7. The van der Waals surface area contributed by atoms with Crippen LogP contribution >= 0.6 is 0 Å². The van der Waals surface area contributed by atoms with Crippen molar-refractivity contribution >= 4 is 11.7 Å². The summed E-state index contributed by atoms with van der Waals surface area (Å²) in [5, 5.41) is 6.80. The zero-order valence-electron chi connectivity index (χ0n) is 13.2. The molecule has 0 aliphatic heterocycles. The van der Waals surface area contributed by atoms with Crippen LogP contribution in [0.5, 0.6) is 5.75 Å². The van der Waals surface area contributed by atoms with Crippen LogP contribution < -0.4 is 10.1 Å². The first kappa shape index (κ1) is 16.7. The fourth-order valence-electron chi connectivity index (χ4n) is 1.99. The van der Waals surface area contributed by atoms with Crippen LogP contribution in [0.25, 0.3) is 0 Å². The van der Waals surface area contributed by atoms with Gasteiger partial charge in [0.2, 0.25) is 0 Å². The molecule has 0 fully saturated rings. The first-order valence-electron chi connectivity index (χ1n) is 7.44. The highest BCUT2D eigenvalue weighted by molar-refractivity contribution is 5.94. The largest absolute Gasteiger partial charge is 0.481 e. The lowest BCUT2D eigenvalue weighted by molar-refractivity contribution is -0.127. The van der Waals surface area contributed by atoms with Crippen molar-refractivity contribution in [1.82, 2.24) is 20.1 Å². The van der Waals surface area contributed by atoms with Crippen LogP contribution in [-0.4, -0.2) is 39.1 Å². The van der Waals surface area contributed by atoms with Crippen molar-refractivity contribution in [3.8, 4) is 5.75 Å². The number of rotatable bonds is 8. The highest BCUT2D eigenvalue weighted by atomic mass is 16.5. The van der Waals surface area contributed by atoms with E-state index in [1.807, 2.05) is 0 Å². The Labute approximate surface area is 134 Å². The summed E-state index contributed by atoms with van der Waals surface area (Å²) in [6.45, 7) is 4.38. The third kappa shape index (κ3) is 5.21. The fraction of sp³-hybridized carbons (Fsp3) is 0.375. The molecule has 0 bridgehead atoms. The van der Waals surface area contributed by atoms with Gasteiger partial charge in [-0.05, 0) is 32.4 Å². The standard InChI is InChI=1S/C16H20N4O3/c1-12(21)14-5-3-6-15(9-14)23-13(2)16(22)18-7-4-8-20-11-17-10-19-20/h3,5-6,9-11,13H,4,7-8H2,1-2H3,(H,18,22)/t13-/m1/s1. The van der Waals surface area contributed by atoms with E-state index in [-0.39, 0.29) is 11.7 Å². The molecule has 7 heteroatoms. The van der Waals surface area contributed by atoms with Crippen LogP contribution in [0.2, 0.25) is 0 Å². The molecule has 1 N–H and O–H groups in total. The van der Waals surface area contributed by atoms with Gasteiger partial charge in [-0.3, -0.25) is 14.3 Å². The lowest BCUT2D eigenvalue weighted by Gasteiger charge is -2.15. The number of aromatic nitrogens is 3. The number of nitrogens with zero attached hydrogens (tertiary/aromatic N) is 3. The Hall–Kier alpha value is -2.70. The molecule has 1 amide bonds. The van der Waals surface area contributed by atoms with Gasteiger partial charge in [0.1, 0.15) is 18.4 Å². The van der Waals surface area contributed by atoms with Gasteiger partial charge in [0, 0.05) is 18.7 Å².